The summed E-state index contributed by atoms with van der Waals surface area (Å²) in [5.41, 5.74) is 3.23. The zero-order chi connectivity index (χ0) is 19.4. The van der Waals surface area contributed by atoms with E-state index in [1.807, 2.05) is 31.7 Å². The molecule has 1 aromatic rings. The molecule has 0 atom stereocenters. The Bertz CT molecular complexity index is 675. The number of rotatable bonds is 5. The van der Waals surface area contributed by atoms with Crippen molar-refractivity contribution in [2.75, 3.05) is 56.0 Å². The summed E-state index contributed by atoms with van der Waals surface area (Å²) in [6.07, 6.45) is 2.52. The SMILES string of the molecule is Cc1cc(N2CCCC2)ccc1NC(=O)CN1CCN(C(=O)C(C)C)CC1. The number of amides is 2. The van der Waals surface area contributed by atoms with Gasteiger partial charge in [-0.2, -0.15) is 0 Å². The van der Waals surface area contributed by atoms with Crippen molar-refractivity contribution in [3.63, 3.8) is 0 Å². The molecule has 0 bridgehead atoms. The first-order valence-electron chi connectivity index (χ1n) is 10.1. The molecule has 1 aromatic carbocycles. The molecule has 2 amide bonds. The van der Waals surface area contributed by atoms with Crippen molar-refractivity contribution in [3.05, 3.63) is 23.8 Å². The van der Waals surface area contributed by atoms with E-state index in [-0.39, 0.29) is 17.7 Å². The number of nitrogens with zero attached hydrogens (tertiary/aromatic N) is 3. The van der Waals surface area contributed by atoms with Crippen molar-refractivity contribution in [3.8, 4) is 0 Å². The van der Waals surface area contributed by atoms with Crippen LogP contribution in [0, 0.1) is 12.8 Å². The minimum Gasteiger partial charge on any atom is -0.372 e. The molecule has 1 N–H and O–H groups in total. The van der Waals surface area contributed by atoms with Gasteiger partial charge in [0.2, 0.25) is 11.8 Å². The second-order valence-electron chi connectivity index (χ2n) is 8.00. The van der Waals surface area contributed by atoms with Gasteiger partial charge in [0.25, 0.3) is 0 Å². The largest absolute Gasteiger partial charge is 0.372 e. The molecular weight excluding hydrogens is 340 g/mol. The molecule has 2 heterocycles. The first-order chi connectivity index (χ1) is 12.9. The minimum absolute atomic E-state index is 0.00987. The van der Waals surface area contributed by atoms with Gasteiger partial charge in [0.1, 0.15) is 0 Å². The summed E-state index contributed by atoms with van der Waals surface area (Å²) in [6, 6.07) is 6.28. The third kappa shape index (κ3) is 5.01. The zero-order valence-electron chi connectivity index (χ0n) is 16.8. The van der Waals surface area contributed by atoms with Gasteiger partial charge in [-0.25, -0.2) is 0 Å². The van der Waals surface area contributed by atoms with Gasteiger partial charge >= 0.3 is 0 Å². The van der Waals surface area contributed by atoms with Crippen LogP contribution < -0.4 is 10.2 Å². The quantitative estimate of drug-likeness (QED) is 0.862. The summed E-state index contributed by atoms with van der Waals surface area (Å²) in [4.78, 5) is 30.9. The number of carbonyl (C=O) groups excluding carboxylic acids is 2. The van der Waals surface area contributed by atoms with Gasteiger partial charge in [-0.1, -0.05) is 13.8 Å². The standard InChI is InChI=1S/C21H32N4O2/c1-16(2)21(27)25-12-10-23(11-13-25)15-20(26)22-19-7-6-18(14-17(19)3)24-8-4-5-9-24/h6-7,14,16H,4-5,8-13,15H2,1-3H3,(H,22,26). The number of piperazine rings is 1. The van der Waals surface area contributed by atoms with Crippen molar-refractivity contribution in [2.24, 2.45) is 5.92 Å². The molecule has 3 rings (SSSR count). The Balaban J connectivity index is 1.49. The van der Waals surface area contributed by atoms with Crippen LogP contribution in [-0.4, -0.2) is 67.4 Å². The van der Waals surface area contributed by atoms with E-state index in [1.165, 1.54) is 18.5 Å². The molecule has 0 unspecified atom stereocenters. The third-order valence-electron chi connectivity index (χ3n) is 5.50. The lowest BCUT2D eigenvalue weighted by Crippen LogP contribution is -2.51. The molecule has 27 heavy (non-hydrogen) atoms. The van der Waals surface area contributed by atoms with Gasteiger partial charge < -0.3 is 15.1 Å². The van der Waals surface area contributed by atoms with E-state index in [2.05, 4.69) is 27.2 Å². The van der Waals surface area contributed by atoms with Crippen molar-refractivity contribution in [1.29, 1.82) is 0 Å². The second-order valence-corrected chi connectivity index (χ2v) is 8.00. The van der Waals surface area contributed by atoms with Gasteiger partial charge in [0.15, 0.2) is 0 Å². The molecule has 0 aromatic heterocycles. The minimum atomic E-state index is 0.00987. The lowest BCUT2D eigenvalue weighted by Gasteiger charge is -2.35. The summed E-state index contributed by atoms with van der Waals surface area (Å²) < 4.78 is 0. The smallest absolute Gasteiger partial charge is 0.238 e. The van der Waals surface area contributed by atoms with Gasteiger partial charge in [-0.3, -0.25) is 14.5 Å². The fourth-order valence-electron chi connectivity index (χ4n) is 3.84. The van der Waals surface area contributed by atoms with Crippen LogP contribution in [0.5, 0.6) is 0 Å². The Labute approximate surface area is 162 Å². The van der Waals surface area contributed by atoms with Crippen LogP contribution in [0.1, 0.15) is 32.3 Å². The summed E-state index contributed by atoms with van der Waals surface area (Å²) >= 11 is 0. The van der Waals surface area contributed by atoms with E-state index >= 15 is 0 Å². The van der Waals surface area contributed by atoms with E-state index in [9.17, 15) is 9.59 Å². The Morgan fingerprint density at radius 3 is 2.30 bits per heavy atom. The highest BCUT2D eigenvalue weighted by Gasteiger charge is 2.24. The number of hydrogen-bond acceptors (Lipinski definition) is 4. The Hall–Kier alpha value is -2.08. The fraction of sp³-hybridized carbons (Fsp3) is 0.619. The van der Waals surface area contributed by atoms with E-state index < -0.39 is 0 Å². The average molecular weight is 373 g/mol. The molecule has 6 heteroatoms. The monoisotopic (exact) mass is 372 g/mol. The first kappa shape index (κ1) is 19.7. The highest BCUT2D eigenvalue weighted by molar-refractivity contribution is 5.93. The summed E-state index contributed by atoms with van der Waals surface area (Å²) in [6.45, 7) is 11.4. The van der Waals surface area contributed by atoms with Crippen LogP contribution in [0.2, 0.25) is 0 Å². The Morgan fingerprint density at radius 1 is 1.04 bits per heavy atom. The van der Waals surface area contributed by atoms with Crippen LogP contribution in [0.3, 0.4) is 0 Å². The summed E-state index contributed by atoms with van der Waals surface area (Å²) in [7, 11) is 0. The molecule has 148 valence electrons. The van der Waals surface area contributed by atoms with E-state index in [0.29, 0.717) is 19.6 Å². The summed E-state index contributed by atoms with van der Waals surface area (Å²) in [5.74, 6) is 0.245. The third-order valence-corrected chi connectivity index (χ3v) is 5.50. The molecule has 0 radical (unpaired) electrons. The first-order valence-corrected chi connectivity index (χ1v) is 10.1. The highest BCUT2D eigenvalue weighted by Crippen LogP contribution is 2.25. The van der Waals surface area contributed by atoms with Crippen molar-refractivity contribution >= 4 is 23.2 Å². The van der Waals surface area contributed by atoms with Gasteiger partial charge in [0.05, 0.1) is 6.54 Å². The van der Waals surface area contributed by atoms with Crippen molar-refractivity contribution in [2.45, 2.75) is 33.6 Å². The van der Waals surface area contributed by atoms with E-state index in [0.717, 1.165) is 37.4 Å². The van der Waals surface area contributed by atoms with E-state index in [4.69, 9.17) is 0 Å². The second kappa shape index (κ2) is 8.74. The molecule has 0 aliphatic carbocycles. The van der Waals surface area contributed by atoms with Crippen molar-refractivity contribution < 1.29 is 9.59 Å². The molecule has 0 saturated carbocycles. The van der Waals surface area contributed by atoms with Gasteiger partial charge in [0, 0.05) is 56.6 Å². The van der Waals surface area contributed by atoms with Crippen LogP contribution in [-0.2, 0) is 9.59 Å². The van der Waals surface area contributed by atoms with Gasteiger partial charge in [-0.15, -0.1) is 0 Å². The van der Waals surface area contributed by atoms with Crippen LogP contribution in [0.15, 0.2) is 18.2 Å². The summed E-state index contributed by atoms with van der Waals surface area (Å²) in [5, 5.41) is 3.05. The number of nitrogens with one attached hydrogen (secondary N) is 1. The molecule has 2 aliphatic rings. The maximum Gasteiger partial charge on any atom is 0.238 e. The molecule has 2 fully saturated rings. The topological polar surface area (TPSA) is 55.9 Å². The number of carbonyl (C=O) groups is 2. The van der Waals surface area contributed by atoms with Crippen LogP contribution >= 0.6 is 0 Å². The molecule has 2 aliphatic heterocycles. The number of anilines is 2. The van der Waals surface area contributed by atoms with Crippen LogP contribution in [0.25, 0.3) is 0 Å². The molecule has 6 nitrogen and oxygen atoms in total. The lowest BCUT2D eigenvalue weighted by molar-refractivity contribution is -0.136. The zero-order valence-corrected chi connectivity index (χ0v) is 16.8. The average Bonchev–Trinajstić information content (AvgIpc) is 3.18. The Kier molecular flexibility index (Phi) is 6.37. The highest BCUT2D eigenvalue weighted by atomic mass is 16.2. The predicted molar refractivity (Wildman–Crippen MR) is 109 cm³/mol. The number of aryl methyl sites for hydroxylation is 1. The van der Waals surface area contributed by atoms with E-state index in [1.54, 1.807) is 0 Å². The fourth-order valence-corrected chi connectivity index (χ4v) is 3.84. The van der Waals surface area contributed by atoms with Crippen LogP contribution in [0.4, 0.5) is 11.4 Å². The molecule has 2 saturated heterocycles. The molecule has 0 spiro atoms. The Morgan fingerprint density at radius 2 is 1.70 bits per heavy atom. The lowest BCUT2D eigenvalue weighted by atomic mass is 10.1. The molecular formula is C21H32N4O2. The van der Waals surface area contributed by atoms with Gasteiger partial charge in [-0.05, 0) is 43.5 Å². The predicted octanol–water partition coefficient (Wildman–Crippen LogP) is 2.33. The normalized spacial score (nSPS) is 18.2. The van der Waals surface area contributed by atoms with Crippen molar-refractivity contribution in [1.82, 2.24) is 9.80 Å². The number of benzene rings is 1. The maximum atomic E-state index is 12.5. The number of hydrogen-bond donors (Lipinski definition) is 1. The maximum absolute atomic E-state index is 12.5.